The molecule has 0 saturated heterocycles. The lowest BCUT2D eigenvalue weighted by atomic mass is 10.1. The molecule has 0 radical (unpaired) electrons. The largest absolute Gasteiger partial charge is 0.380 e. The van der Waals surface area contributed by atoms with Crippen LogP contribution in [0.3, 0.4) is 0 Å². The number of hydrogen-bond donors (Lipinski definition) is 1. The van der Waals surface area contributed by atoms with Gasteiger partial charge in [0.25, 0.3) is 0 Å². The van der Waals surface area contributed by atoms with E-state index in [2.05, 4.69) is 4.72 Å². The summed E-state index contributed by atoms with van der Waals surface area (Å²) in [6, 6.07) is 14.9. The van der Waals surface area contributed by atoms with E-state index in [1.807, 2.05) is 37.3 Å². The molecule has 0 saturated carbocycles. The van der Waals surface area contributed by atoms with Gasteiger partial charge in [-0.15, -0.1) is 0 Å². The highest BCUT2D eigenvalue weighted by Gasteiger charge is 2.13. The van der Waals surface area contributed by atoms with Gasteiger partial charge in [0.2, 0.25) is 10.0 Å². The van der Waals surface area contributed by atoms with E-state index >= 15 is 0 Å². The molecule has 0 aliphatic rings. The van der Waals surface area contributed by atoms with Gasteiger partial charge in [-0.1, -0.05) is 42.0 Å². The zero-order valence-electron chi connectivity index (χ0n) is 12.9. The lowest BCUT2D eigenvalue weighted by molar-refractivity contribution is 0.184. The fourth-order valence-electron chi connectivity index (χ4n) is 2.14. The van der Waals surface area contributed by atoms with Gasteiger partial charge in [0, 0.05) is 13.7 Å². The molecule has 5 heteroatoms. The standard InChI is InChI=1S/C17H21NO3S/c1-14-6-8-15(9-7-14)10-11-18-22(19,20)17-5-3-4-16(12-17)13-21-2/h3-9,12,18H,10-11,13H2,1-2H3. The molecular weight excluding hydrogens is 298 g/mol. The van der Waals surface area contributed by atoms with Crippen molar-refractivity contribution in [3.05, 3.63) is 65.2 Å². The minimum Gasteiger partial charge on any atom is -0.380 e. The molecule has 0 fully saturated rings. The van der Waals surface area contributed by atoms with Crippen molar-refractivity contribution in [2.45, 2.75) is 24.8 Å². The van der Waals surface area contributed by atoms with Gasteiger partial charge in [0.05, 0.1) is 11.5 Å². The van der Waals surface area contributed by atoms with E-state index in [1.54, 1.807) is 25.3 Å². The summed E-state index contributed by atoms with van der Waals surface area (Å²) in [6.45, 7) is 2.80. The van der Waals surface area contributed by atoms with Gasteiger partial charge < -0.3 is 4.74 Å². The lowest BCUT2D eigenvalue weighted by Crippen LogP contribution is -2.26. The summed E-state index contributed by atoms with van der Waals surface area (Å²) < 4.78 is 32.2. The highest BCUT2D eigenvalue weighted by Crippen LogP contribution is 2.12. The van der Waals surface area contributed by atoms with Crippen molar-refractivity contribution < 1.29 is 13.2 Å². The molecule has 0 atom stereocenters. The Bertz CT molecular complexity index is 709. The number of aryl methyl sites for hydroxylation is 1. The van der Waals surface area contributed by atoms with Crippen molar-refractivity contribution in [3.63, 3.8) is 0 Å². The second-order valence-corrected chi connectivity index (χ2v) is 6.98. The predicted molar refractivity (Wildman–Crippen MR) is 87.2 cm³/mol. The first-order chi connectivity index (χ1) is 10.5. The smallest absolute Gasteiger partial charge is 0.240 e. The van der Waals surface area contributed by atoms with E-state index in [-0.39, 0.29) is 4.90 Å². The quantitative estimate of drug-likeness (QED) is 0.853. The molecule has 0 aromatic heterocycles. The van der Waals surface area contributed by atoms with E-state index in [1.165, 1.54) is 5.56 Å². The SMILES string of the molecule is COCc1cccc(S(=O)(=O)NCCc2ccc(C)cc2)c1. The molecule has 0 amide bonds. The molecule has 1 N–H and O–H groups in total. The van der Waals surface area contributed by atoms with Crippen molar-refractivity contribution in [1.29, 1.82) is 0 Å². The summed E-state index contributed by atoms with van der Waals surface area (Å²) in [4.78, 5) is 0.269. The molecule has 0 aliphatic heterocycles. The van der Waals surface area contributed by atoms with Crippen LogP contribution in [0.2, 0.25) is 0 Å². The summed E-state index contributed by atoms with van der Waals surface area (Å²) >= 11 is 0. The first-order valence-corrected chi connectivity index (χ1v) is 8.63. The molecule has 118 valence electrons. The van der Waals surface area contributed by atoms with Crippen LogP contribution in [0.4, 0.5) is 0 Å². The number of hydrogen-bond acceptors (Lipinski definition) is 3. The fourth-order valence-corrected chi connectivity index (χ4v) is 3.24. The van der Waals surface area contributed by atoms with E-state index < -0.39 is 10.0 Å². The van der Waals surface area contributed by atoms with Gasteiger partial charge in [0.15, 0.2) is 0 Å². The van der Waals surface area contributed by atoms with Crippen LogP contribution in [-0.4, -0.2) is 22.1 Å². The Balaban J connectivity index is 1.98. The van der Waals surface area contributed by atoms with Crippen LogP contribution in [0.15, 0.2) is 53.4 Å². The Labute approximate surface area is 132 Å². The molecule has 0 spiro atoms. The monoisotopic (exact) mass is 319 g/mol. The molecule has 0 aliphatic carbocycles. The molecule has 4 nitrogen and oxygen atoms in total. The van der Waals surface area contributed by atoms with Crippen LogP contribution < -0.4 is 4.72 Å². The van der Waals surface area contributed by atoms with Crippen LogP contribution in [-0.2, 0) is 27.8 Å². The van der Waals surface area contributed by atoms with Crippen LogP contribution in [0.1, 0.15) is 16.7 Å². The number of sulfonamides is 1. The molecule has 0 bridgehead atoms. The lowest BCUT2D eigenvalue weighted by Gasteiger charge is -2.08. The number of nitrogens with one attached hydrogen (secondary N) is 1. The van der Waals surface area contributed by atoms with Crippen LogP contribution in [0.25, 0.3) is 0 Å². The predicted octanol–water partition coefficient (Wildman–Crippen LogP) is 2.66. The van der Waals surface area contributed by atoms with E-state index in [0.29, 0.717) is 19.6 Å². The molecular formula is C17H21NO3S. The van der Waals surface area contributed by atoms with Gasteiger partial charge in [-0.25, -0.2) is 13.1 Å². The first kappa shape index (κ1) is 16.7. The molecule has 2 aromatic rings. The minimum absolute atomic E-state index is 0.269. The summed E-state index contributed by atoms with van der Waals surface area (Å²) in [6.07, 6.45) is 0.664. The number of rotatable bonds is 7. The molecule has 22 heavy (non-hydrogen) atoms. The zero-order valence-corrected chi connectivity index (χ0v) is 13.7. The Morgan fingerprint density at radius 1 is 1.05 bits per heavy atom. The average molecular weight is 319 g/mol. The van der Waals surface area contributed by atoms with Crippen molar-refractivity contribution >= 4 is 10.0 Å². The Kier molecular flexibility index (Phi) is 5.71. The first-order valence-electron chi connectivity index (χ1n) is 7.14. The topological polar surface area (TPSA) is 55.4 Å². The van der Waals surface area contributed by atoms with E-state index in [9.17, 15) is 8.42 Å². The van der Waals surface area contributed by atoms with Crippen LogP contribution in [0.5, 0.6) is 0 Å². The van der Waals surface area contributed by atoms with Crippen LogP contribution >= 0.6 is 0 Å². The highest BCUT2D eigenvalue weighted by atomic mass is 32.2. The molecule has 2 aromatic carbocycles. The third kappa shape index (κ3) is 4.66. The second kappa shape index (κ2) is 7.54. The normalized spacial score (nSPS) is 11.5. The maximum absolute atomic E-state index is 12.3. The van der Waals surface area contributed by atoms with Crippen molar-refractivity contribution in [1.82, 2.24) is 4.72 Å². The summed E-state index contributed by atoms with van der Waals surface area (Å²) in [5.74, 6) is 0. The number of methoxy groups -OCH3 is 1. The Hall–Kier alpha value is -1.69. The third-order valence-corrected chi connectivity index (χ3v) is 4.80. The summed E-state index contributed by atoms with van der Waals surface area (Å²) in [5.41, 5.74) is 3.14. The van der Waals surface area contributed by atoms with E-state index in [0.717, 1.165) is 11.1 Å². The summed E-state index contributed by atoms with van der Waals surface area (Å²) in [5, 5.41) is 0. The Morgan fingerprint density at radius 2 is 1.77 bits per heavy atom. The number of benzene rings is 2. The zero-order chi connectivity index (χ0) is 16.0. The highest BCUT2D eigenvalue weighted by molar-refractivity contribution is 7.89. The van der Waals surface area contributed by atoms with Gasteiger partial charge in [0.1, 0.15) is 0 Å². The van der Waals surface area contributed by atoms with Gasteiger partial charge in [-0.2, -0.15) is 0 Å². The van der Waals surface area contributed by atoms with Gasteiger partial charge >= 0.3 is 0 Å². The number of ether oxygens (including phenoxy) is 1. The van der Waals surface area contributed by atoms with E-state index in [4.69, 9.17) is 4.74 Å². The average Bonchev–Trinajstić information content (AvgIpc) is 2.50. The van der Waals surface area contributed by atoms with Crippen molar-refractivity contribution in [3.8, 4) is 0 Å². The van der Waals surface area contributed by atoms with Crippen molar-refractivity contribution in [2.75, 3.05) is 13.7 Å². The maximum Gasteiger partial charge on any atom is 0.240 e. The van der Waals surface area contributed by atoms with Gasteiger partial charge in [-0.05, 0) is 36.6 Å². The van der Waals surface area contributed by atoms with Gasteiger partial charge in [-0.3, -0.25) is 0 Å². The third-order valence-electron chi connectivity index (χ3n) is 3.35. The molecule has 0 heterocycles. The maximum atomic E-state index is 12.3. The molecule has 2 rings (SSSR count). The fraction of sp³-hybridized carbons (Fsp3) is 0.294. The van der Waals surface area contributed by atoms with Crippen LogP contribution in [0, 0.1) is 6.92 Å². The Morgan fingerprint density at radius 3 is 2.45 bits per heavy atom. The summed E-state index contributed by atoms with van der Waals surface area (Å²) in [7, 11) is -1.90. The van der Waals surface area contributed by atoms with Crippen molar-refractivity contribution in [2.24, 2.45) is 0 Å². The second-order valence-electron chi connectivity index (χ2n) is 5.21. The molecule has 0 unspecified atom stereocenters. The minimum atomic E-state index is -3.48.